The summed E-state index contributed by atoms with van der Waals surface area (Å²) in [5.74, 6) is 1.04. The van der Waals surface area contributed by atoms with Gasteiger partial charge < -0.3 is 14.5 Å². The van der Waals surface area contributed by atoms with Crippen molar-refractivity contribution in [2.75, 3.05) is 11.9 Å². The molecule has 1 aliphatic rings. The van der Waals surface area contributed by atoms with Crippen molar-refractivity contribution in [1.82, 2.24) is 14.5 Å². The number of hydrogen-bond acceptors (Lipinski definition) is 2. The highest BCUT2D eigenvalue weighted by Gasteiger charge is 2.21. The number of aromatic amines is 1. The van der Waals surface area contributed by atoms with Crippen LogP contribution in [0.15, 0.2) is 36.7 Å². The molecule has 0 radical (unpaired) electrons. The van der Waals surface area contributed by atoms with E-state index in [2.05, 4.69) is 14.5 Å². The standard InChI is InChI=1S/C18H20N4O/c1-21(14-7-6-13-8-9-19-15(13)11-14)18(23)16-12-20-17-5-3-2-4-10-22(16)17/h6-9,11-12,19H,2-5,10H2,1H3. The van der Waals surface area contributed by atoms with Crippen LogP contribution in [-0.4, -0.2) is 27.5 Å². The molecule has 0 atom stereocenters. The maximum absolute atomic E-state index is 12.9. The number of aromatic nitrogens is 3. The van der Waals surface area contributed by atoms with Crippen LogP contribution in [0.3, 0.4) is 0 Å². The molecule has 0 spiro atoms. The molecule has 1 aromatic carbocycles. The highest BCUT2D eigenvalue weighted by molar-refractivity contribution is 6.05. The number of rotatable bonds is 2. The van der Waals surface area contributed by atoms with Gasteiger partial charge in [0.05, 0.1) is 6.20 Å². The Morgan fingerprint density at radius 3 is 3.09 bits per heavy atom. The second-order valence-electron chi connectivity index (χ2n) is 6.14. The highest BCUT2D eigenvalue weighted by Crippen LogP contribution is 2.23. The summed E-state index contributed by atoms with van der Waals surface area (Å²) in [6.07, 6.45) is 8.08. The summed E-state index contributed by atoms with van der Waals surface area (Å²) in [6, 6.07) is 8.04. The van der Waals surface area contributed by atoms with Crippen LogP contribution in [0.5, 0.6) is 0 Å². The second-order valence-corrected chi connectivity index (χ2v) is 6.14. The number of nitrogens with one attached hydrogen (secondary N) is 1. The molecule has 3 heterocycles. The van der Waals surface area contributed by atoms with Crippen LogP contribution in [0.1, 0.15) is 35.6 Å². The minimum atomic E-state index is -0.00319. The Kier molecular flexibility index (Phi) is 3.41. The molecular formula is C18H20N4O. The number of H-pyrrole nitrogens is 1. The van der Waals surface area contributed by atoms with E-state index in [4.69, 9.17) is 0 Å². The van der Waals surface area contributed by atoms with Crippen LogP contribution in [0, 0.1) is 0 Å². The molecule has 5 nitrogen and oxygen atoms in total. The quantitative estimate of drug-likeness (QED) is 0.789. The van der Waals surface area contributed by atoms with Crippen LogP contribution in [-0.2, 0) is 13.0 Å². The van der Waals surface area contributed by atoms with Gasteiger partial charge in [0.15, 0.2) is 0 Å². The third-order valence-corrected chi connectivity index (χ3v) is 4.67. The Bertz CT molecular complexity index is 861. The number of carbonyl (C=O) groups is 1. The van der Waals surface area contributed by atoms with Crippen molar-refractivity contribution in [1.29, 1.82) is 0 Å². The molecule has 0 saturated carbocycles. The Balaban J connectivity index is 1.67. The van der Waals surface area contributed by atoms with Crippen LogP contribution in [0.2, 0.25) is 0 Å². The predicted molar refractivity (Wildman–Crippen MR) is 90.8 cm³/mol. The zero-order valence-corrected chi connectivity index (χ0v) is 13.2. The van der Waals surface area contributed by atoms with Crippen molar-refractivity contribution in [3.63, 3.8) is 0 Å². The average molecular weight is 308 g/mol. The summed E-state index contributed by atoms with van der Waals surface area (Å²) in [6.45, 7) is 0.889. The van der Waals surface area contributed by atoms with Gasteiger partial charge in [-0.05, 0) is 36.4 Å². The lowest BCUT2D eigenvalue weighted by molar-refractivity contribution is 0.0983. The first-order chi connectivity index (χ1) is 11.2. The summed E-state index contributed by atoms with van der Waals surface area (Å²) in [4.78, 5) is 22.3. The minimum Gasteiger partial charge on any atom is -0.361 e. The van der Waals surface area contributed by atoms with Gasteiger partial charge in [-0.25, -0.2) is 4.98 Å². The van der Waals surface area contributed by atoms with Crippen LogP contribution < -0.4 is 4.90 Å². The van der Waals surface area contributed by atoms with E-state index in [1.165, 1.54) is 6.42 Å². The average Bonchev–Trinajstić information content (AvgIpc) is 3.13. The van der Waals surface area contributed by atoms with Crippen molar-refractivity contribution in [2.24, 2.45) is 0 Å². The number of fused-ring (bicyclic) bond motifs is 2. The zero-order valence-electron chi connectivity index (χ0n) is 13.2. The monoisotopic (exact) mass is 308 g/mol. The minimum absolute atomic E-state index is 0.00319. The van der Waals surface area contributed by atoms with Crippen molar-refractivity contribution >= 4 is 22.5 Å². The molecule has 0 aliphatic carbocycles. The van der Waals surface area contributed by atoms with Gasteiger partial charge in [-0.1, -0.05) is 12.5 Å². The van der Waals surface area contributed by atoms with Gasteiger partial charge in [-0.3, -0.25) is 4.79 Å². The lowest BCUT2D eigenvalue weighted by Gasteiger charge is -2.18. The fraction of sp³-hybridized carbons (Fsp3) is 0.333. The van der Waals surface area contributed by atoms with Crippen LogP contribution >= 0.6 is 0 Å². The molecule has 118 valence electrons. The number of amides is 1. The van der Waals surface area contributed by atoms with Crippen molar-refractivity contribution in [3.05, 3.63) is 48.2 Å². The van der Waals surface area contributed by atoms with E-state index >= 15 is 0 Å². The molecule has 23 heavy (non-hydrogen) atoms. The van der Waals surface area contributed by atoms with E-state index in [1.54, 1.807) is 11.1 Å². The maximum Gasteiger partial charge on any atom is 0.276 e. The fourth-order valence-corrected chi connectivity index (χ4v) is 3.30. The second kappa shape index (κ2) is 5.57. The number of aryl methyl sites for hydroxylation is 1. The molecule has 0 fully saturated rings. The normalized spacial score (nSPS) is 14.5. The topological polar surface area (TPSA) is 53.9 Å². The van der Waals surface area contributed by atoms with E-state index in [0.29, 0.717) is 5.69 Å². The van der Waals surface area contributed by atoms with E-state index in [-0.39, 0.29) is 5.91 Å². The molecule has 2 aromatic heterocycles. The summed E-state index contributed by atoms with van der Waals surface area (Å²) in [5.41, 5.74) is 2.61. The van der Waals surface area contributed by atoms with Crippen molar-refractivity contribution < 1.29 is 4.79 Å². The number of carbonyl (C=O) groups excluding carboxylic acids is 1. The first-order valence-electron chi connectivity index (χ1n) is 8.13. The first-order valence-corrected chi connectivity index (χ1v) is 8.13. The third-order valence-electron chi connectivity index (χ3n) is 4.67. The van der Waals surface area contributed by atoms with Gasteiger partial charge in [0.1, 0.15) is 11.5 Å². The number of benzene rings is 1. The van der Waals surface area contributed by atoms with Crippen LogP contribution in [0.4, 0.5) is 5.69 Å². The Labute approximate surface area is 134 Å². The zero-order chi connectivity index (χ0) is 15.8. The molecule has 0 bridgehead atoms. The third kappa shape index (κ3) is 2.42. The lowest BCUT2D eigenvalue weighted by atomic mass is 10.2. The van der Waals surface area contributed by atoms with Crippen molar-refractivity contribution in [3.8, 4) is 0 Å². The van der Waals surface area contributed by atoms with Gasteiger partial charge in [-0.2, -0.15) is 0 Å². The van der Waals surface area contributed by atoms with Gasteiger partial charge >= 0.3 is 0 Å². The Morgan fingerprint density at radius 1 is 1.26 bits per heavy atom. The van der Waals surface area contributed by atoms with E-state index in [9.17, 15) is 4.79 Å². The van der Waals surface area contributed by atoms with E-state index in [0.717, 1.165) is 48.2 Å². The number of hydrogen-bond donors (Lipinski definition) is 1. The number of anilines is 1. The van der Waals surface area contributed by atoms with E-state index in [1.807, 2.05) is 37.5 Å². The highest BCUT2D eigenvalue weighted by atomic mass is 16.2. The molecule has 0 saturated heterocycles. The van der Waals surface area contributed by atoms with Gasteiger partial charge in [0.2, 0.25) is 0 Å². The summed E-state index contributed by atoms with van der Waals surface area (Å²) >= 11 is 0. The van der Waals surface area contributed by atoms with Gasteiger partial charge in [0.25, 0.3) is 5.91 Å². The molecule has 1 aliphatic heterocycles. The number of nitrogens with zero attached hydrogens (tertiary/aromatic N) is 3. The molecule has 0 unspecified atom stereocenters. The maximum atomic E-state index is 12.9. The molecule has 1 N–H and O–H groups in total. The molecule has 3 aromatic rings. The molecule has 4 rings (SSSR count). The fourth-order valence-electron chi connectivity index (χ4n) is 3.30. The predicted octanol–water partition coefficient (Wildman–Crippen LogP) is 3.37. The SMILES string of the molecule is CN(C(=O)c1cnc2n1CCCCC2)c1ccc2cc[nH]c2c1. The van der Waals surface area contributed by atoms with E-state index < -0.39 is 0 Å². The summed E-state index contributed by atoms with van der Waals surface area (Å²) < 4.78 is 2.10. The lowest BCUT2D eigenvalue weighted by Crippen LogP contribution is -2.28. The smallest absolute Gasteiger partial charge is 0.276 e. The largest absolute Gasteiger partial charge is 0.361 e. The molecular weight excluding hydrogens is 288 g/mol. The first kappa shape index (κ1) is 14.1. The summed E-state index contributed by atoms with van der Waals surface area (Å²) in [7, 11) is 1.82. The Morgan fingerprint density at radius 2 is 2.17 bits per heavy atom. The molecule has 5 heteroatoms. The van der Waals surface area contributed by atoms with Gasteiger partial charge in [-0.15, -0.1) is 0 Å². The molecule has 1 amide bonds. The number of imidazole rings is 1. The Hall–Kier alpha value is -2.56. The van der Waals surface area contributed by atoms with Gasteiger partial charge in [0, 0.05) is 37.4 Å². The van der Waals surface area contributed by atoms with Crippen LogP contribution in [0.25, 0.3) is 10.9 Å². The van der Waals surface area contributed by atoms with Crippen molar-refractivity contribution in [2.45, 2.75) is 32.2 Å². The summed E-state index contributed by atoms with van der Waals surface area (Å²) in [5, 5.41) is 1.15.